The van der Waals surface area contributed by atoms with E-state index in [0.29, 0.717) is 13.0 Å². The molecule has 5 nitrogen and oxygen atoms in total. The van der Waals surface area contributed by atoms with Crippen molar-refractivity contribution in [3.63, 3.8) is 0 Å². The molecule has 2 aliphatic rings. The minimum absolute atomic E-state index is 0.00269. The maximum absolute atomic E-state index is 12.1. The monoisotopic (exact) mass is 280 g/mol. The van der Waals surface area contributed by atoms with Gasteiger partial charge < -0.3 is 15.8 Å². The quantitative estimate of drug-likeness (QED) is 0.597. The Morgan fingerprint density at radius 3 is 2.50 bits per heavy atom. The van der Waals surface area contributed by atoms with Gasteiger partial charge in [0.05, 0.1) is 18.4 Å². The van der Waals surface area contributed by atoms with Crippen LogP contribution in [0.15, 0.2) is 12.2 Å². The van der Waals surface area contributed by atoms with Crippen molar-refractivity contribution in [1.29, 1.82) is 0 Å². The van der Waals surface area contributed by atoms with Crippen molar-refractivity contribution in [2.75, 3.05) is 6.61 Å². The Kier molecular flexibility index (Phi) is 5.17. The lowest BCUT2D eigenvalue weighted by Crippen LogP contribution is -2.41. The fraction of sp³-hybridized carbons (Fsp3) is 0.733. The molecule has 0 bridgehead atoms. The number of amides is 1. The predicted octanol–water partition coefficient (Wildman–Crippen LogP) is 1.13. The summed E-state index contributed by atoms with van der Waals surface area (Å²) < 4.78 is 5.04. The highest BCUT2D eigenvalue weighted by molar-refractivity contribution is 5.81. The molecule has 0 aromatic rings. The number of ether oxygens (including phenoxy) is 1. The SMILES string of the molecule is CCOC(=O)C1CCC(NC(=O)C2C=CC(N)C2)CC1. The molecular weight excluding hydrogens is 256 g/mol. The Morgan fingerprint density at radius 2 is 1.95 bits per heavy atom. The number of esters is 1. The van der Waals surface area contributed by atoms with Crippen molar-refractivity contribution in [2.45, 2.75) is 51.1 Å². The summed E-state index contributed by atoms with van der Waals surface area (Å²) in [6, 6.07) is 0.184. The molecule has 1 amide bonds. The zero-order valence-electron chi connectivity index (χ0n) is 12.0. The van der Waals surface area contributed by atoms with Crippen molar-refractivity contribution in [3.8, 4) is 0 Å². The summed E-state index contributed by atoms with van der Waals surface area (Å²) in [5, 5.41) is 3.07. The van der Waals surface area contributed by atoms with Gasteiger partial charge in [0.25, 0.3) is 0 Å². The van der Waals surface area contributed by atoms with E-state index < -0.39 is 0 Å². The van der Waals surface area contributed by atoms with Crippen LogP contribution in [-0.2, 0) is 14.3 Å². The van der Waals surface area contributed by atoms with Gasteiger partial charge in [-0.3, -0.25) is 9.59 Å². The predicted molar refractivity (Wildman–Crippen MR) is 75.7 cm³/mol. The number of hydrogen-bond donors (Lipinski definition) is 2. The Labute approximate surface area is 119 Å². The molecule has 0 spiro atoms. The topological polar surface area (TPSA) is 81.4 Å². The standard InChI is InChI=1S/C15H24N2O3/c1-2-20-15(19)10-4-7-13(8-5-10)17-14(18)11-3-6-12(16)9-11/h3,6,10-13H,2,4-5,7-9,16H2,1H3,(H,17,18). The maximum Gasteiger partial charge on any atom is 0.308 e. The molecule has 0 saturated heterocycles. The summed E-state index contributed by atoms with van der Waals surface area (Å²) in [4.78, 5) is 23.7. The fourth-order valence-electron chi connectivity index (χ4n) is 2.96. The molecule has 0 radical (unpaired) electrons. The minimum Gasteiger partial charge on any atom is -0.466 e. The van der Waals surface area contributed by atoms with E-state index in [2.05, 4.69) is 5.32 Å². The molecule has 1 saturated carbocycles. The molecular formula is C15H24N2O3. The Bertz CT molecular complexity index is 387. The summed E-state index contributed by atoms with van der Waals surface area (Å²) >= 11 is 0. The van der Waals surface area contributed by atoms with Gasteiger partial charge in [0.15, 0.2) is 0 Å². The lowest BCUT2D eigenvalue weighted by molar-refractivity contribution is -0.149. The Balaban J connectivity index is 1.73. The summed E-state index contributed by atoms with van der Waals surface area (Å²) in [6.07, 6.45) is 7.76. The van der Waals surface area contributed by atoms with Gasteiger partial charge in [-0.2, -0.15) is 0 Å². The van der Waals surface area contributed by atoms with E-state index >= 15 is 0 Å². The highest BCUT2D eigenvalue weighted by Crippen LogP contribution is 2.26. The number of carbonyl (C=O) groups is 2. The first-order chi connectivity index (χ1) is 9.60. The van der Waals surface area contributed by atoms with Gasteiger partial charge in [-0.15, -0.1) is 0 Å². The van der Waals surface area contributed by atoms with Crippen molar-refractivity contribution in [2.24, 2.45) is 17.6 Å². The van der Waals surface area contributed by atoms with E-state index in [9.17, 15) is 9.59 Å². The minimum atomic E-state index is -0.0954. The molecule has 20 heavy (non-hydrogen) atoms. The van der Waals surface area contributed by atoms with Gasteiger partial charge in [0, 0.05) is 12.1 Å². The molecule has 1 fully saturated rings. The lowest BCUT2D eigenvalue weighted by Gasteiger charge is -2.28. The van der Waals surface area contributed by atoms with Gasteiger partial charge >= 0.3 is 5.97 Å². The highest BCUT2D eigenvalue weighted by Gasteiger charge is 2.30. The van der Waals surface area contributed by atoms with E-state index in [1.165, 1.54) is 0 Å². The lowest BCUT2D eigenvalue weighted by atomic mass is 9.86. The number of rotatable bonds is 4. The van der Waals surface area contributed by atoms with E-state index in [1.54, 1.807) is 0 Å². The van der Waals surface area contributed by atoms with Crippen molar-refractivity contribution in [1.82, 2.24) is 5.32 Å². The third-order valence-electron chi connectivity index (χ3n) is 4.15. The van der Waals surface area contributed by atoms with Crippen LogP contribution in [0, 0.1) is 11.8 Å². The maximum atomic E-state index is 12.1. The number of nitrogens with two attached hydrogens (primary N) is 1. The molecule has 112 valence electrons. The van der Waals surface area contributed by atoms with Gasteiger partial charge in [-0.25, -0.2) is 0 Å². The zero-order valence-corrected chi connectivity index (χ0v) is 12.0. The van der Waals surface area contributed by atoms with Gasteiger partial charge in [-0.1, -0.05) is 12.2 Å². The van der Waals surface area contributed by atoms with Crippen LogP contribution in [0.1, 0.15) is 39.0 Å². The van der Waals surface area contributed by atoms with Crippen molar-refractivity contribution >= 4 is 11.9 Å². The van der Waals surface area contributed by atoms with Crippen LogP contribution in [-0.4, -0.2) is 30.6 Å². The van der Waals surface area contributed by atoms with Crippen LogP contribution in [0.2, 0.25) is 0 Å². The molecule has 2 atom stereocenters. The van der Waals surface area contributed by atoms with Crippen LogP contribution in [0.4, 0.5) is 0 Å². The molecule has 0 aromatic carbocycles. The van der Waals surface area contributed by atoms with Crippen LogP contribution >= 0.6 is 0 Å². The van der Waals surface area contributed by atoms with Crippen LogP contribution < -0.4 is 11.1 Å². The number of carbonyl (C=O) groups excluding carboxylic acids is 2. The van der Waals surface area contributed by atoms with Crippen molar-refractivity contribution < 1.29 is 14.3 Å². The van der Waals surface area contributed by atoms with Crippen LogP contribution in [0.3, 0.4) is 0 Å². The average molecular weight is 280 g/mol. The molecule has 5 heteroatoms. The van der Waals surface area contributed by atoms with E-state index in [1.807, 2.05) is 19.1 Å². The Hall–Kier alpha value is -1.36. The summed E-state index contributed by atoms with van der Waals surface area (Å²) in [6.45, 7) is 2.26. The second-order valence-electron chi connectivity index (χ2n) is 5.70. The molecule has 3 N–H and O–H groups in total. The summed E-state index contributed by atoms with van der Waals surface area (Å²) in [5.74, 6) is -0.119. The van der Waals surface area contributed by atoms with E-state index in [0.717, 1.165) is 25.7 Å². The third-order valence-corrected chi connectivity index (χ3v) is 4.15. The average Bonchev–Trinajstić information content (AvgIpc) is 2.86. The molecule has 0 heterocycles. The molecule has 0 aromatic heterocycles. The van der Waals surface area contributed by atoms with Crippen molar-refractivity contribution in [3.05, 3.63) is 12.2 Å². The second kappa shape index (κ2) is 6.88. The second-order valence-corrected chi connectivity index (χ2v) is 5.70. The largest absolute Gasteiger partial charge is 0.466 e. The zero-order chi connectivity index (χ0) is 14.5. The van der Waals surface area contributed by atoms with Gasteiger partial charge in [-0.05, 0) is 39.0 Å². The number of nitrogens with one attached hydrogen (secondary N) is 1. The molecule has 2 unspecified atom stereocenters. The van der Waals surface area contributed by atoms with Gasteiger partial charge in [0.1, 0.15) is 0 Å². The molecule has 2 aliphatic carbocycles. The molecule has 2 rings (SSSR count). The first-order valence-electron chi connectivity index (χ1n) is 7.51. The first-order valence-corrected chi connectivity index (χ1v) is 7.51. The smallest absolute Gasteiger partial charge is 0.308 e. The van der Waals surface area contributed by atoms with Gasteiger partial charge in [0.2, 0.25) is 5.91 Å². The number of hydrogen-bond acceptors (Lipinski definition) is 4. The van der Waals surface area contributed by atoms with E-state index in [-0.39, 0.29) is 35.8 Å². The highest BCUT2D eigenvalue weighted by atomic mass is 16.5. The Morgan fingerprint density at radius 1 is 1.25 bits per heavy atom. The fourth-order valence-corrected chi connectivity index (χ4v) is 2.96. The summed E-state index contributed by atoms with van der Waals surface area (Å²) in [7, 11) is 0. The van der Waals surface area contributed by atoms with E-state index in [4.69, 9.17) is 10.5 Å². The normalized spacial score (nSPS) is 32.9. The molecule has 0 aliphatic heterocycles. The third kappa shape index (κ3) is 3.82. The summed E-state index contributed by atoms with van der Waals surface area (Å²) in [5.41, 5.74) is 5.76. The van der Waals surface area contributed by atoms with Crippen LogP contribution in [0.25, 0.3) is 0 Å². The first kappa shape index (κ1) is 15.0. The van der Waals surface area contributed by atoms with Crippen LogP contribution in [0.5, 0.6) is 0 Å².